The molecule has 1 atom stereocenters. The Balaban J connectivity index is 2.43. The summed E-state index contributed by atoms with van der Waals surface area (Å²) < 4.78 is 10.5. The van der Waals surface area contributed by atoms with Crippen molar-refractivity contribution in [3.63, 3.8) is 0 Å². The second-order valence-corrected chi connectivity index (χ2v) is 4.17. The Kier molecular flexibility index (Phi) is 5.84. The van der Waals surface area contributed by atoms with Crippen molar-refractivity contribution >= 4 is 17.6 Å². The fourth-order valence-corrected chi connectivity index (χ4v) is 1.41. The standard InChI is InChI=1S/C13H17ClO3/c1-3-4-8-16-13(15)10(2)17-12-7-5-6-11(14)9-12/h5-7,9-10H,3-4,8H2,1-2H3. The molecule has 0 amide bonds. The number of halogens is 1. The molecule has 0 N–H and O–H groups in total. The zero-order chi connectivity index (χ0) is 12.7. The van der Waals surface area contributed by atoms with Gasteiger partial charge >= 0.3 is 5.97 Å². The summed E-state index contributed by atoms with van der Waals surface area (Å²) in [5.41, 5.74) is 0. The SMILES string of the molecule is CCCCOC(=O)C(C)Oc1cccc(Cl)c1. The molecule has 1 rings (SSSR count). The van der Waals surface area contributed by atoms with Gasteiger partial charge < -0.3 is 9.47 Å². The topological polar surface area (TPSA) is 35.5 Å². The van der Waals surface area contributed by atoms with Crippen LogP contribution in [0.5, 0.6) is 5.75 Å². The minimum Gasteiger partial charge on any atom is -0.479 e. The molecule has 0 heterocycles. The number of benzene rings is 1. The van der Waals surface area contributed by atoms with Gasteiger partial charge in [0.15, 0.2) is 6.10 Å². The second-order valence-electron chi connectivity index (χ2n) is 3.74. The number of unbranched alkanes of at least 4 members (excludes halogenated alkanes) is 1. The number of hydrogen-bond donors (Lipinski definition) is 0. The lowest BCUT2D eigenvalue weighted by Gasteiger charge is -2.13. The summed E-state index contributed by atoms with van der Waals surface area (Å²) in [5.74, 6) is 0.218. The van der Waals surface area contributed by atoms with Crippen LogP contribution in [0.4, 0.5) is 0 Å². The van der Waals surface area contributed by atoms with Crippen LogP contribution in [0, 0.1) is 0 Å². The van der Waals surface area contributed by atoms with Crippen molar-refractivity contribution in [2.24, 2.45) is 0 Å². The van der Waals surface area contributed by atoms with Gasteiger partial charge in [-0.3, -0.25) is 0 Å². The van der Waals surface area contributed by atoms with E-state index in [1.54, 1.807) is 31.2 Å². The van der Waals surface area contributed by atoms with Crippen LogP contribution >= 0.6 is 11.6 Å². The van der Waals surface area contributed by atoms with Crippen molar-refractivity contribution in [2.45, 2.75) is 32.8 Å². The lowest BCUT2D eigenvalue weighted by Crippen LogP contribution is -2.26. The normalized spacial score (nSPS) is 11.9. The number of hydrogen-bond acceptors (Lipinski definition) is 3. The molecule has 3 nitrogen and oxygen atoms in total. The predicted molar refractivity (Wildman–Crippen MR) is 67.4 cm³/mol. The Morgan fingerprint density at radius 3 is 2.88 bits per heavy atom. The number of carbonyl (C=O) groups excluding carboxylic acids is 1. The number of ether oxygens (including phenoxy) is 2. The molecular weight excluding hydrogens is 240 g/mol. The van der Waals surface area contributed by atoms with E-state index in [4.69, 9.17) is 21.1 Å². The smallest absolute Gasteiger partial charge is 0.347 e. The third kappa shape index (κ3) is 5.09. The summed E-state index contributed by atoms with van der Waals surface area (Å²) in [6.45, 7) is 4.15. The maximum Gasteiger partial charge on any atom is 0.347 e. The van der Waals surface area contributed by atoms with Crippen LogP contribution in [-0.2, 0) is 9.53 Å². The molecule has 0 aliphatic heterocycles. The molecule has 17 heavy (non-hydrogen) atoms. The maximum atomic E-state index is 11.5. The summed E-state index contributed by atoms with van der Waals surface area (Å²) >= 11 is 5.81. The third-order valence-corrected chi connectivity index (χ3v) is 2.42. The molecule has 0 spiro atoms. The Hall–Kier alpha value is -1.22. The highest BCUT2D eigenvalue weighted by atomic mass is 35.5. The first-order chi connectivity index (χ1) is 8.13. The Labute approximate surface area is 107 Å². The predicted octanol–water partition coefficient (Wildman–Crippen LogP) is 3.45. The third-order valence-electron chi connectivity index (χ3n) is 2.18. The van der Waals surface area contributed by atoms with Crippen molar-refractivity contribution in [1.82, 2.24) is 0 Å². The highest BCUT2D eigenvalue weighted by Gasteiger charge is 2.15. The van der Waals surface area contributed by atoms with Crippen molar-refractivity contribution in [3.05, 3.63) is 29.3 Å². The van der Waals surface area contributed by atoms with Crippen LogP contribution < -0.4 is 4.74 Å². The first-order valence-electron chi connectivity index (χ1n) is 5.72. The van der Waals surface area contributed by atoms with Gasteiger partial charge in [-0.25, -0.2) is 4.79 Å². The maximum absolute atomic E-state index is 11.5. The molecule has 1 aromatic rings. The molecule has 0 aromatic heterocycles. The van der Waals surface area contributed by atoms with E-state index in [2.05, 4.69) is 0 Å². The monoisotopic (exact) mass is 256 g/mol. The molecule has 0 aliphatic rings. The minimum atomic E-state index is -0.620. The molecular formula is C13H17ClO3. The lowest BCUT2D eigenvalue weighted by atomic mass is 10.3. The van der Waals surface area contributed by atoms with Crippen molar-refractivity contribution in [2.75, 3.05) is 6.61 Å². The van der Waals surface area contributed by atoms with E-state index < -0.39 is 6.10 Å². The highest BCUT2D eigenvalue weighted by molar-refractivity contribution is 6.30. The van der Waals surface area contributed by atoms with Gasteiger partial charge in [0.2, 0.25) is 0 Å². The van der Waals surface area contributed by atoms with Gasteiger partial charge in [-0.1, -0.05) is 31.0 Å². The number of carbonyl (C=O) groups is 1. The van der Waals surface area contributed by atoms with E-state index in [1.165, 1.54) is 0 Å². The van der Waals surface area contributed by atoms with Crippen molar-refractivity contribution in [1.29, 1.82) is 0 Å². The van der Waals surface area contributed by atoms with Crippen LogP contribution in [0.1, 0.15) is 26.7 Å². The van der Waals surface area contributed by atoms with Gasteiger partial charge in [0.05, 0.1) is 6.61 Å². The summed E-state index contributed by atoms with van der Waals surface area (Å²) in [6.07, 6.45) is 1.25. The van der Waals surface area contributed by atoms with E-state index in [-0.39, 0.29) is 5.97 Å². The summed E-state index contributed by atoms with van der Waals surface area (Å²) in [6, 6.07) is 6.94. The Bertz CT molecular complexity index is 365. The highest BCUT2D eigenvalue weighted by Crippen LogP contribution is 2.18. The first kappa shape index (κ1) is 13.8. The van der Waals surface area contributed by atoms with Crippen LogP contribution in [-0.4, -0.2) is 18.7 Å². The Morgan fingerprint density at radius 1 is 1.47 bits per heavy atom. The van der Waals surface area contributed by atoms with Crippen LogP contribution in [0.25, 0.3) is 0 Å². The average molecular weight is 257 g/mol. The van der Waals surface area contributed by atoms with Gasteiger partial charge in [0.1, 0.15) is 5.75 Å². The lowest BCUT2D eigenvalue weighted by molar-refractivity contribution is -0.151. The molecule has 0 saturated heterocycles. The molecule has 0 fully saturated rings. The number of esters is 1. The van der Waals surface area contributed by atoms with Crippen LogP contribution in [0.2, 0.25) is 5.02 Å². The summed E-state index contributed by atoms with van der Waals surface area (Å²) in [5, 5.41) is 0.578. The minimum absolute atomic E-state index is 0.349. The molecule has 4 heteroatoms. The van der Waals surface area contributed by atoms with Gasteiger partial charge in [-0.05, 0) is 31.5 Å². The molecule has 1 aromatic carbocycles. The van der Waals surface area contributed by atoms with Crippen LogP contribution in [0.15, 0.2) is 24.3 Å². The molecule has 0 saturated carbocycles. The zero-order valence-corrected chi connectivity index (χ0v) is 10.9. The van der Waals surface area contributed by atoms with E-state index in [1.807, 2.05) is 6.92 Å². The van der Waals surface area contributed by atoms with E-state index >= 15 is 0 Å². The van der Waals surface area contributed by atoms with E-state index in [9.17, 15) is 4.79 Å². The van der Waals surface area contributed by atoms with Gasteiger partial charge in [0.25, 0.3) is 0 Å². The largest absolute Gasteiger partial charge is 0.479 e. The zero-order valence-electron chi connectivity index (χ0n) is 10.1. The molecule has 0 aliphatic carbocycles. The number of rotatable bonds is 6. The fourth-order valence-electron chi connectivity index (χ4n) is 1.23. The summed E-state index contributed by atoms with van der Waals surface area (Å²) in [7, 11) is 0. The van der Waals surface area contributed by atoms with Gasteiger partial charge in [-0.2, -0.15) is 0 Å². The molecule has 0 radical (unpaired) electrons. The van der Waals surface area contributed by atoms with Gasteiger partial charge in [-0.15, -0.1) is 0 Å². The fraction of sp³-hybridized carbons (Fsp3) is 0.462. The second kappa shape index (κ2) is 7.17. The first-order valence-corrected chi connectivity index (χ1v) is 6.10. The van der Waals surface area contributed by atoms with Crippen LogP contribution in [0.3, 0.4) is 0 Å². The molecule has 0 bridgehead atoms. The average Bonchev–Trinajstić information content (AvgIpc) is 2.29. The Morgan fingerprint density at radius 2 is 2.24 bits per heavy atom. The van der Waals surface area contributed by atoms with Crippen molar-refractivity contribution in [3.8, 4) is 5.75 Å². The quantitative estimate of drug-likeness (QED) is 0.578. The summed E-state index contributed by atoms with van der Waals surface area (Å²) in [4.78, 5) is 11.5. The van der Waals surface area contributed by atoms with Crippen molar-refractivity contribution < 1.29 is 14.3 Å². The van der Waals surface area contributed by atoms with Gasteiger partial charge in [0, 0.05) is 5.02 Å². The molecule has 1 unspecified atom stereocenters. The molecule has 94 valence electrons. The van der Waals surface area contributed by atoms with E-state index in [0.717, 1.165) is 12.8 Å². The van der Waals surface area contributed by atoms with E-state index in [0.29, 0.717) is 17.4 Å².